The van der Waals surface area contributed by atoms with Crippen molar-refractivity contribution in [3.8, 4) is 0 Å². The van der Waals surface area contributed by atoms with Crippen LogP contribution in [-0.4, -0.2) is 34.6 Å². The maximum Gasteiger partial charge on any atom is 0.255 e. The topological polar surface area (TPSA) is 66.5 Å². The molecule has 2 saturated carbocycles. The second kappa shape index (κ2) is 10.8. The highest BCUT2D eigenvalue weighted by atomic mass is 16.2. The van der Waals surface area contributed by atoms with Crippen LogP contribution in [0.4, 0.5) is 5.69 Å². The van der Waals surface area contributed by atoms with Gasteiger partial charge in [0.05, 0.1) is 0 Å². The Hall–Kier alpha value is -2.95. The Morgan fingerprint density at radius 1 is 0.667 bits per heavy atom. The van der Waals surface area contributed by atoms with Gasteiger partial charge in [-0.3, -0.25) is 14.4 Å². The first-order valence-electron chi connectivity index (χ1n) is 12.4. The van der Waals surface area contributed by atoms with Gasteiger partial charge in [0.1, 0.15) is 0 Å². The molecule has 0 saturated heterocycles. The summed E-state index contributed by atoms with van der Waals surface area (Å²) in [6.45, 7) is 1.51. The Kier molecular flexibility index (Phi) is 7.58. The lowest BCUT2D eigenvalue weighted by atomic mass is 9.88. The molecule has 0 aromatic heterocycles. The van der Waals surface area contributed by atoms with Crippen LogP contribution >= 0.6 is 0 Å². The minimum atomic E-state index is -0.235. The molecule has 174 valence electrons. The lowest BCUT2D eigenvalue weighted by molar-refractivity contribution is 0.0448. The van der Waals surface area contributed by atoms with Gasteiger partial charge in [-0.05, 0) is 81.1 Å². The first kappa shape index (κ1) is 23.2. The fourth-order valence-corrected chi connectivity index (χ4v) is 5.25. The van der Waals surface area contributed by atoms with E-state index in [1.165, 1.54) is 45.4 Å². The summed E-state index contributed by atoms with van der Waals surface area (Å²) in [6.07, 6.45) is 11.8. The van der Waals surface area contributed by atoms with E-state index in [1.54, 1.807) is 48.5 Å². The number of ketones is 1. The lowest BCUT2D eigenvalue weighted by Gasteiger charge is -2.42. The number of rotatable bonds is 6. The third-order valence-electron chi connectivity index (χ3n) is 7.11. The van der Waals surface area contributed by atoms with Crippen LogP contribution < -0.4 is 5.32 Å². The zero-order valence-electron chi connectivity index (χ0n) is 19.5. The Morgan fingerprint density at radius 3 is 1.61 bits per heavy atom. The van der Waals surface area contributed by atoms with Crippen molar-refractivity contribution in [2.45, 2.75) is 83.2 Å². The first-order chi connectivity index (χ1) is 16.0. The summed E-state index contributed by atoms with van der Waals surface area (Å²) in [4.78, 5) is 39.9. The van der Waals surface area contributed by atoms with E-state index in [4.69, 9.17) is 0 Å². The Labute approximate surface area is 196 Å². The molecule has 0 spiro atoms. The van der Waals surface area contributed by atoms with Crippen molar-refractivity contribution in [1.29, 1.82) is 0 Å². The lowest BCUT2D eigenvalue weighted by Crippen LogP contribution is -2.48. The van der Waals surface area contributed by atoms with Crippen molar-refractivity contribution in [2.24, 2.45) is 0 Å². The molecule has 2 aromatic rings. The van der Waals surface area contributed by atoms with Crippen molar-refractivity contribution >= 4 is 23.3 Å². The summed E-state index contributed by atoms with van der Waals surface area (Å²) in [5.74, 6) is -0.134. The highest BCUT2D eigenvalue weighted by Gasteiger charge is 2.33. The third kappa shape index (κ3) is 5.70. The third-order valence-corrected chi connectivity index (χ3v) is 7.11. The van der Waals surface area contributed by atoms with E-state index in [1.807, 2.05) is 0 Å². The van der Waals surface area contributed by atoms with Crippen molar-refractivity contribution in [2.75, 3.05) is 5.32 Å². The van der Waals surface area contributed by atoms with Crippen LogP contribution in [-0.2, 0) is 0 Å². The minimum absolute atomic E-state index is 0.0105. The molecule has 5 nitrogen and oxygen atoms in total. The van der Waals surface area contributed by atoms with Gasteiger partial charge in [0.15, 0.2) is 5.78 Å². The smallest absolute Gasteiger partial charge is 0.255 e. The standard InChI is InChI=1S/C28H34N2O3/c1-20(31)21-16-18-24(19-17-21)29-27(32)22-12-14-23(15-13-22)28(33)30(25-8-4-2-5-9-25)26-10-6-3-7-11-26/h12-19,25-26H,2-11H2,1H3,(H,29,32). The number of benzene rings is 2. The summed E-state index contributed by atoms with van der Waals surface area (Å²) >= 11 is 0. The van der Waals surface area contributed by atoms with Gasteiger partial charge in [-0.2, -0.15) is 0 Å². The predicted octanol–water partition coefficient (Wildman–Crippen LogP) is 6.25. The Balaban J connectivity index is 1.46. The molecule has 4 rings (SSSR count). The van der Waals surface area contributed by atoms with Crippen molar-refractivity contribution in [3.05, 3.63) is 65.2 Å². The molecule has 5 heteroatoms. The molecule has 0 radical (unpaired) electrons. The first-order valence-corrected chi connectivity index (χ1v) is 12.4. The average Bonchev–Trinajstić information content (AvgIpc) is 2.86. The molecular formula is C28H34N2O3. The van der Waals surface area contributed by atoms with Gasteiger partial charge < -0.3 is 10.2 Å². The van der Waals surface area contributed by atoms with E-state index in [0.29, 0.717) is 34.5 Å². The molecule has 0 heterocycles. The number of anilines is 1. The number of Topliss-reactive ketones (excluding diaryl/α,β-unsaturated/α-hetero) is 1. The van der Waals surface area contributed by atoms with Gasteiger partial charge in [-0.1, -0.05) is 38.5 Å². The van der Waals surface area contributed by atoms with Crippen molar-refractivity contribution in [3.63, 3.8) is 0 Å². The number of carbonyl (C=O) groups excluding carboxylic acids is 3. The van der Waals surface area contributed by atoms with Crippen LogP contribution in [0.2, 0.25) is 0 Å². The molecule has 2 aliphatic carbocycles. The highest BCUT2D eigenvalue weighted by molar-refractivity contribution is 6.05. The van der Waals surface area contributed by atoms with E-state index in [-0.39, 0.29) is 17.6 Å². The van der Waals surface area contributed by atoms with Gasteiger partial charge in [-0.25, -0.2) is 0 Å². The van der Waals surface area contributed by atoms with Crippen LogP contribution in [0.1, 0.15) is 102 Å². The largest absolute Gasteiger partial charge is 0.333 e. The fraction of sp³-hybridized carbons (Fsp3) is 0.464. The van der Waals surface area contributed by atoms with Gasteiger partial charge in [0, 0.05) is 34.5 Å². The number of nitrogens with one attached hydrogen (secondary N) is 1. The Morgan fingerprint density at radius 2 is 1.12 bits per heavy atom. The minimum Gasteiger partial charge on any atom is -0.333 e. The molecule has 1 N–H and O–H groups in total. The monoisotopic (exact) mass is 446 g/mol. The van der Waals surface area contributed by atoms with Crippen LogP contribution in [0, 0.1) is 0 Å². The summed E-state index contributed by atoms with van der Waals surface area (Å²) in [7, 11) is 0. The second-order valence-corrected chi connectivity index (χ2v) is 9.46. The summed E-state index contributed by atoms with van der Waals surface area (Å²) in [5, 5.41) is 2.85. The van der Waals surface area contributed by atoms with E-state index in [9.17, 15) is 14.4 Å². The van der Waals surface area contributed by atoms with E-state index in [2.05, 4.69) is 10.2 Å². The van der Waals surface area contributed by atoms with Gasteiger partial charge in [0.25, 0.3) is 11.8 Å². The van der Waals surface area contributed by atoms with Crippen molar-refractivity contribution < 1.29 is 14.4 Å². The van der Waals surface area contributed by atoms with E-state index >= 15 is 0 Å². The highest BCUT2D eigenvalue weighted by Crippen LogP contribution is 2.31. The number of carbonyl (C=O) groups is 3. The molecule has 2 fully saturated rings. The van der Waals surface area contributed by atoms with Crippen LogP contribution in [0.3, 0.4) is 0 Å². The quantitative estimate of drug-likeness (QED) is 0.533. The SMILES string of the molecule is CC(=O)c1ccc(NC(=O)c2ccc(C(=O)N(C3CCCCC3)C3CCCCC3)cc2)cc1. The molecule has 0 atom stereocenters. The molecule has 2 aliphatic rings. The molecule has 0 unspecified atom stereocenters. The zero-order valence-corrected chi connectivity index (χ0v) is 19.5. The Bertz CT molecular complexity index is 951. The van der Waals surface area contributed by atoms with Crippen LogP contribution in [0.25, 0.3) is 0 Å². The maximum absolute atomic E-state index is 13.6. The summed E-state index contributed by atoms with van der Waals surface area (Å²) in [5.41, 5.74) is 2.40. The molecule has 2 amide bonds. The van der Waals surface area contributed by atoms with Crippen molar-refractivity contribution in [1.82, 2.24) is 4.90 Å². The maximum atomic E-state index is 13.6. The van der Waals surface area contributed by atoms with Crippen LogP contribution in [0.15, 0.2) is 48.5 Å². The van der Waals surface area contributed by atoms with Gasteiger partial charge in [-0.15, -0.1) is 0 Å². The molecular weight excluding hydrogens is 412 g/mol. The zero-order chi connectivity index (χ0) is 23.2. The average molecular weight is 447 g/mol. The number of nitrogens with zero attached hydrogens (tertiary/aromatic N) is 1. The fourth-order valence-electron chi connectivity index (χ4n) is 5.25. The molecule has 0 aliphatic heterocycles. The molecule has 33 heavy (non-hydrogen) atoms. The predicted molar refractivity (Wildman–Crippen MR) is 131 cm³/mol. The van der Waals surface area contributed by atoms with Gasteiger partial charge in [0.2, 0.25) is 0 Å². The summed E-state index contributed by atoms with van der Waals surface area (Å²) < 4.78 is 0. The normalized spacial score (nSPS) is 17.4. The summed E-state index contributed by atoms with van der Waals surface area (Å²) in [6, 6.07) is 14.6. The number of hydrogen-bond acceptors (Lipinski definition) is 3. The van der Waals surface area contributed by atoms with E-state index < -0.39 is 0 Å². The van der Waals surface area contributed by atoms with E-state index in [0.717, 1.165) is 25.7 Å². The van der Waals surface area contributed by atoms with Gasteiger partial charge >= 0.3 is 0 Å². The number of amides is 2. The molecule has 0 bridgehead atoms. The second-order valence-electron chi connectivity index (χ2n) is 9.46. The van der Waals surface area contributed by atoms with Crippen LogP contribution in [0.5, 0.6) is 0 Å². The number of hydrogen-bond donors (Lipinski definition) is 1. The molecule has 2 aromatic carbocycles.